The molecule has 1 fully saturated rings. The third-order valence-corrected chi connectivity index (χ3v) is 2.92. The average Bonchev–Trinajstić information content (AvgIpc) is 2.54. The van der Waals surface area contributed by atoms with Crippen molar-refractivity contribution in [3.05, 3.63) is 30.1 Å². The first-order chi connectivity index (χ1) is 6.36. The molecule has 0 unspecified atom stereocenters. The molecule has 2 heteroatoms. The molecule has 1 aromatic heterocycles. The van der Waals surface area contributed by atoms with E-state index in [4.69, 9.17) is 5.73 Å². The van der Waals surface area contributed by atoms with Crippen LogP contribution in [0.4, 0.5) is 0 Å². The summed E-state index contributed by atoms with van der Waals surface area (Å²) < 4.78 is 0. The molecule has 2 nitrogen and oxygen atoms in total. The minimum Gasteiger partial charge on any atom is -0.327 e. The highest BCUT2D eigenvalue weighted by molar-refractivity contribution is 5.05. The third kappa shape index (κ3) is 2.07. The molecule has 0 aliphatic heterocycles. The molecule has 1 saturated carbocycles. The fourth-order valence-corrected chi connectivity index (χ4v) is 2.11. The predicted octanol–water partition coefficient (Wildman–Crippen LogP) is 1.75. The van der Waals surface area contributed by atoms with Crippen LogP contribution >= 0.6 is 0 Å². The van der Waals surface area contributed by atoms with Crippen LogP contribution in [-0.4, -0.2) is 11.0 Å². The van der Waals surface area contributed by atoms with Gasteiger partial charge in [-0.2, -0.15) is 0 Å². The Bertz CT molecular complexity index is 258. The molecule has 1 aliphatic rings. The second-order valence-corrected chi connectivity index (χ2v) is 3.88. The van der Waals surface area contributed by atoms with Crippen LogP contribution in [0.1, 0.15) is 25.0 Å². The molecule has 1 aromatic rings. The van der Waals surface area contributed by atoms with Gasteiger partial charge in [0.25, 0.3) is 0 Å². The van der Waals surface area contributed by atoms with Crippen molar-refractivity contribution >= 4 is 0 Å². The lowest BCUT2D eigenvalue weighted by atomic mass is 9.98. The van der Waals surface area contributed by atoms with Gasteiger partial charge in [0.2, 0.25) is 0 Å². The van der Waals surface area contributed by atoms with Crippen LogP contribution in [0.2, 0.25) is 0 Å². The molecule has 13 heavy (non-hydrogen) atoms. The molecule has 0 amide bonds. The van der Waals surface area contributed by atoms with Crippen molar-refractivity contribution in [1.29, 1.82) is 0 Å². The van der Waals surface area contributed by atoms with Crippen molar-refractivity contribution < 1.29 is 0 Å². The van der Waals surface area contributed by atoms with E-state index in [1.54, 1.807) is 0 Å². The molecule has 0 aromatic carbocycles. The molecule has 0 bridgehead atoms. The van der Waals surface area contributed by atoms with E-state index < -0.39 is 0 Å². The van der Waals surface area contributed by atoms with Crippen molar-refractivity contribution in [3.63, 3.8) is 0 Å². The fraction of sp³-hybridized carbons (Fsp3) is 0.545. The first-order valence-corrected chi connectivity index (χ1v) is 5.02. The highest BCUT2D eigenvalue weighted by Gasteiger charge is 2.23. The van der Waals surface area contributed by atoms with Gasteiger partial charge in [-0.25, -0.2) is 0 Å². The summed E-state index contributed by atoms with van der Waals surface area (Å²) in [6, 6.07) is 6.49. The summed E-state index contributed by atoms with van der Waals surface area (Å²) in [4.78, 5) is 4.32. The average molecular weight is 176 g/mol. The molecule has 0 radical (unpaired) electrons. The Balaban J connectivity index is 1.98. The number of hydrogen-bond donors (Lipinski definition) is 1. The van der Waals surface area contributed by atoms with E-state index in [1.165, 1.54) is 25.0 Å². The number of nitrogens with two attached hydrogens (primary N) is 1. The van der Waals surface area contributed by atoms with Gasteiger partial charge in [-0.15, -0.1) is 0 Å². The SMILES string of the molecule is N[C@H]1CCC[C@@H]1Cc1ccccn1. The van der Waals surface area contributed by atoms with Gasteiger partial charge in [0, 0.05) is 17.9 Å². The van der Waals surface area contributed by atoms with Crippen LogP contribution in [0.5, 0.6) is 0 Å². The minimum atomic E-state index is 0.405. The maximum atomic E-state index is 6.00. The normalized spacial score (nSPS) is 27.8. The highest BCUT2D eigenvalue weighted by atomic mass is 14.7. The second kappa shape index (κ2) is 3.88. The first-order valence-electron chi connectivity index (χ1n) is 5.02. The molecule has 70 valence electrons. The Morgan fingerprint density at radius 2 is 2.31 bits per heavy atom. The Morgan fingerprint density at radius 3 is 2.92 bits per heavy atom. The summed E-state index contributed by atoms with van der Waals surface area (Å²) in [6.45, 7) is 0. The van der Waals surface area contributed by atoms with E-state index in [1.807, 2.05) is 18.3 Å². The number of pyridine rings is 1. The summed E-state index contributed by atoms with van der Waals surface area (Å²) in [5.41, 5.74) is 7.18. The Labute approximate surface area is 79.2 Å². The van der Waals surface area contributed by atoms with Crippen LogP contribution in [-0.2, 0) is 6.42 Å². The summed E-state index contributed by atoms with van der Waals surface area (Å²) in [5, 5.41) is 0. The van der Waals surface area contributed by atoms with Crippen molar-refractivity contribution in [3.8, 4) is 0 Å². The molecular formula is C11H16N2. The zero-order valence-electron chi connectivity index (χ0n) is 7.82. The van der Waals surface area contributed by atoms with E-state index in [2.05, 4.69) is 11.1 Å². The quantitative estimate of drug-likeness (QED) is 0.745. The first kappa shape index (κ1) is 8.70. The van der Waals surface area contributed by atoms with E-state index in [0.717, 1.165) is 6.42 Å². The monoisotopic (exact) mass is 176 g/mol. The van der Waals surface area contributed by atoms with Crippen molar-refractivity contribution in [2.75, 3.05) is 0 Å². The van der Waals surface area contributed by atoms with E-state index in [-0.39, 0.29) is 0 Å². The van der Waals surface area contributed by atoms with Gasteiger partial charge in [-0.3, -0.25) is 4.98 Å². The lowest BCUT2D eigenvalue weighted by Crippen LogP contribution is -2.26. The van der Waals surface area contributed by atoms with Gasteiger partial charge in [0.1, 0.15) is 0 Å². The van der Waals surface area contributed by atoms with Crippen LogP contribution in [0.3, 0.4) is 0 Å². The molecule has 2 N–H and O–H groups in total. The van der Waals surface area contributed by atoms with E-state index in [9.17, 15) is 0 Å². The summed E-state index contributed by atoms with van der Waals surface area (Å²) in [5.74, 6) is 0.662. The van der Waals surface area contributed by atoms with Crippen molar-refractivity contribution in [1.82, 2.24) is 4.98 Å². The van der Waals surface area contributed by atoms with Crippen molar-refractivity contribution in [2.45, 2.75) is 31.7 Å². The summed E-state index contributed by atoms with van der Waals surface area (Å²) in [6.07, 6.45) is 6.67. The Morgan fingerprint density at radius 1 is 1.38 bits per heavy atom. The smallest absolute Gasteiger partial charge is 0.0406 e. The standard InChI is InChI=1S/C11H16N2/c12-11-6-3-4-9(11)8-10-5-1-2-7-13-10/h1-2,5,7,9,11H,3-4,6,8,12H2/t9-,11+/m1/s1. The second-order valence-electron chi connectivity index (χ2n) is 3.88. The summed E-state index contributed by atoms with van der Waals surface area (Å²) in [7, 11) is 0. The van der Waals surface area contributed by atoms with Crippen LogP contribution < -0.4 is 5.73 Å². The number of nitrogens with zero attached hydrogens (tertiary/aromatic N) is 1. The third-order valence-electron chi connectivity index (χ3n) is 2.92. The molecule has 2 rings (SSSR count). The van der Waals surface area contributed by atoms with Gasteiger partial charge >= 0.3 is 0 Å². The van der Waals surface area contributed by atoms with Crippen molar-refractivity contribution in [2.24, 2.45) is 11.7 Å². The lowest BCUT2D eigenvalue weighted by Gasteiger charge is -2.13. The molecule has 1 aliphatic carbocycles. The molecule has 2 atom stereocenters. The molecule has 0 spiro atoms. The maximum absolute atomic E-state index is 6.00. The predicted molar refractivity (Wildman–Crippen MR) is 53.3 cm³/mol. The summed E-state index contributed by atoms with van der Waals surface area (Å²) >= 11 is 0. The van der Waals surface area contributed by atoms with E-state index >= 15 is 0 Å². The number of hydrogen-bond acceptors (Lipinski definition) is 2. The van der Waals surface area contributed by atoms with Crippen LogP contribution in [0, 0.1) is 5.92 Å². The zero-order valence-corrected chi connectivity index (χ0v) is 7.82. The molecule has 0 saturated heterocycles. The minimum absolute atomic E-state index is 0.405. The van der Waals surface area contributed by atoms with Crippen LogP contribution in [0.15, 0.2) is 24.4 Å². The van der Waals surface area contributed by atoms with E-state index in [0.29, 0.717) is 12.0 Å². The Kier molecular flexibility index (Phi) is 2.60. The number of rotatable bonds is 2. The van der Waals surface area contributed by atoms with Gasteiger partial charge in [0.05, 0.1) is 0 Å². The zero-order chi connectivity index (χ0) is 9.10. The van der Waals surface area contributed by atoms with Gasteiger partial charge in [-0.1, -0.05) is 12.5 Å². The highest BCUT2D eigenvalue weighted by Crippen LogP contribution is 2.26. The lowest BCUT2D eigenvalue weighted by molar-refractivity contribution is 0.474. The molecule has 1 heterocycles. The van der Waals surface area contributed by atoms with Gasteiger partial charge in [-0.05, 0) is 37.3 Å². The largest absolute Gasteiger partial charge is 0.327 e. The fourth-order valence-electron chi connectivity index (χ4n) is 2.11. The molecular weight excluding hydrogens is 160 g/mol. The van der Waals surface area contributed by atoms with Crippen LogP contribution in [0.25, 0.3) is 0 Å². The van der Waals surface area contributed by atoms with Gasteiger partial charge in [0.15, 0.2) is 0 Å². The number of aromatic nitrogens is 1. The topological polar surface area (TPSA) is 38.9 Å². The Hall–Kier alpha value is -0.890. The van der Waals surface area contributed by atoms with Gasteiger partial charge < -0.3 is 5.73 Å². The maximum Gasteiger partial charge on any atom is 0.0406 e.